The number of hydrogen-bond acceptors (Lipinski definition) is 2. The molecule has 0 saturated carbocycles. The second-order valence-electron chi connectivity index (χ2n) is 4.25. The van der Waals surface area contributed by atoms with Gasteiger partial charge in [-0.1, -0.05) is 17.7 Å². The summed E-state index contributed by atoms with van der Waals surface area (Å²) in [7, 11) is 1.76. The molecule has 1 aliphatic heterocycles. The van der Waals surface area contributed by atoms with Crippen molar-refractivity contribution in [3.63, 3.8) is 0 Å². The molecule has 80 valence electrons. The zero-order chi connectivity index (χ0) is 11.2. The number of nitrogens with one attached hydrogen (secondary N) is 1. The molecule has 0 aromatic heterocycles. The second kappa shape index (κ2) is 3.14. The van der Waals surface area contributed by atoms with E-state index < -0.39 is 5.54 Å². The van der Waals surface area contributed by atoms with Gasteiger partial charge in [-0.05, 0) is 26.0 Å². The molecule has 3 nitrogen and oxygen atoms in total. The van der Waals surface area contributed by atoms with Crippen LogP contribution in [0.15, 0.2) is 18.2 Å². The Morgan fingerprint density at radius 2 is 2.07 bits per heavy atom. The number of rotatable bonds is 0. The highest BCUT2D eigenvalue weighted by atomic mass is 35.5. The standard InChI is InChI=1S/C11H13ClN2O/c1-11(2)10(15)14(3)8-6-4-5-7(12)9(8)13-11/h4-6,13H,1-3H3. The lowest BCUT2D eigenvalue weighted by Gasteiger charge is -2.38. The van der Waals surface area contributed by atoms with Crippen LogP contribution in [-0.4, -0.2) is 18.5 Å². The number of carbonyl (C=O) groups is 1. The summed E-state index contributed by atoms with van der Waals surface area (Å²) >= 11 is 6.08. The summed E-state index contributed by atoms with van der Waals surface area (Å²) in [5, 5.41) is 3.80. The number of anilines is 2. The molecule has 0 fully saturated rings. The van der Waals surface area contributed by atoms with Gasteiger partial charge in [-0.3, -0.25) is 4.79 Å². The van der Waals surface area contributed by atoms with Crippen molar-refractivity contribution in [2.75, 3.05) is 17.3 Å². The lowest BCUT2D eigenvalue weighted by atomic mass is 9.99. The van der Waals surface area contributed by atoms with Crippen molar-refractivity contribution in [1.82, 2.24) is 0 Å². The van der Waals surface area contributed by atoms with Crippen LogP contribution in [0.3, 0.4) is 0 Å². The molecule has 2 rings (SSSR count). The van der Waals surface area contributed by atoms with E-state index in [0.717, 1.165) is 11.4 Å². The van der Waals surface area contributed by atoms with Crippen LogP contribution >= 0.6 is 11.6 Å². The van der Waals surface area contributed by atoms with Gasteiger partial charge in [-0.2, -0.15) is 0 Å². The first-order valence-electron chi connectivity index (χ1n) is 4.78. The van der Waals surface area contributed by atoms with Gasteiger partial charge in [-0.15, -0.1) is 0 Å². The number of carbonyl (C=O) groups excluding carboxylic acids is 1. The molecule has 0 spiro atoms. The number of hydrogen-bond donors (Lipinski definition) is 1. The van der Waals surface area contributed by atoms with E-state index in [4.69, 9.17) is 11.6 Å². The molecule has 4 heteroatoms. The third-order valence-corrected chi connectivity index (χ3v) is 2.94. The number of fused-ring (bicyclic) bond motifs is 1. The van der Waals surface area contributed by atoms with E-state index in [9.17, 15) is 4.79 Å². The Morgan fingerprint density at radius 1 is 1.40 bits per heavy atom. The Hall–Kier alpha value is -1.22. The lowest BCUT2D eigenvalue weighted by molar-refractivity contribution is -0.121. The molecule has 0 saturated heterocycles. The third-order valence-electron chi connectivity index (χ3n) is 2.63. The van der Waals surface area contributed by atoms with Crippen LogP contribution in [-0.2, 0) is 4.79 Å². The van der Waals surface area contributed by atoms with Gasteiger partial charge in [0.25, 0.3) is 5.91 Å². The van der Waals surface area contributed by atoms with Crippen molar-refractivity contribution < 1.29 is 4.79 Å². The van der Waals surface area contributed by atoms with Gasteiger partial charge >= 0.3 is 0 Å². The fourth-order valence-electron chi connectivity index (χ4n) is 1.81. The fraction of sp³-hybridized carbons (Fsp3) is 0.364. The van der Waals surface area contributed by atoms with Crippen molar-refractivity contribution >= 4 is 28.9 Å². The molecule has 15 heavy (non-hydrogen) atoms. The van der Waals surface area contributed by atoms with Crippen LogP contribution in [0.5, 0.6) is 0 Å². The summed E-state index contributed by atoms with van der Waals surface area (Å²) in [6.07, 6.45) is 0. The number of benzene rings is 1. The highest BCUT2D eigenvalue weighted by Gasteiger charge is 2.37. The average Bonchev–Trinajstić information content (AvgIpc) is 2.17. The minimum Gasteiger partial charge on any atom is -0.369 e. The van der Waals surface area contributed by atoms with E-state index in [1.165, 1.54) is 0 Å². The smallest absolute Gasteiger partial charge is 0.251 e. The minimum atomic E-state index is -0.604. The Bertz CT molecular complexity index is 429. The van der Waals surface area contributed by atoms with Gasteiger partial charge in [0.15, 0.2) is 0 Å². The Kier molecular flexibility index (Phi) is 2.15. The number of para-hydroxylation sites is 1. The predicted octanol–water partition coefficient (Wildman–Crippen LogP) is 2.51. The first-order valence-corrected chi connectivity index (χ1v) is 5.16. The van der Waals surface area contributed by atoms with E-state index >= 15 is 0 Å². The molecule has 0 bridgehead atoms. The number of halogens is 1. The van der Waals surface area contributed by atoms with Crippen molar-refractivity contribution in [2.45, 2.75) is 19.4 Å². The zero-order valence-corrected chi connectivity index (χ0v) is 9.72. The third kappa shape index (κ3) is 1.47. The minimum absolute atomic E-state index is 0.0391. The van der Waals surface area contributed by atoms with Gasteiger partial charge in [-0.25, -0.2) is 0 Å². The predicted molar refractivity (Wildman–Crippen MR) is 62.6 cm³/mol. The van der Waals surface area contributed by atoms with Crippen LogP contribution in [0.2, 0.25) is 5.02 Å². The van der Waals surface area contributed by atoms with Gasteiger partial charge in [0.1, 0.15) is 5.54 Å². The van der Waals surface area contributed by atoms with Gasteiger partial charge in [0.2, 0.25) is 0 Å². The molecule has 1 amide bonds. The van der Waals surface area contributed by atoms with Gasteiger partial charge < -0.3 is 10.2 Å². The van der Waals surface area contributed by atoms with Crippen LogP contribution in [0.25, 0.3) is 0 Å². The van der Waals surface area contributed by atoms with Crippen molar-refractivity contribution in [2.24, 2.45) is 0 Å². The Balaban J connectivity index is 2.60. The quantitative estimate of drug-likeness (QED) is 0.735. The van der Waals surface area contributed by atoms with Crippen LogP contribution < -0.4 is 10.2 Å². The molecule has 1 aliphatic rings. The SMILES string of the molecule is CN1C(=O)C(C)(C)Nc2c(Cl)cccc21. The van der Waals surface area contributed by atoms with Crippen LogP contribution in [0.1, 0.15) is 13.8 Å². The fourth-order valence-corrected chi connectivity index (χ4v) is 2.03. The zero-order valence-electron chi connectivity index (χ0n) is 8.97. The van der Waals surface area contributed by atoms with Crippen molar-refractivity contribution in [3.05, 3.63) is 23.2 Å². The summed E-state index contributed by atoms with van der Waals surface area (Å²) in [6.45, 7) is 3.69. The molecule has 1 heterocycles. The summed E-state index contributed by atoms with van der Waals surface area (Å²) in [5.74, 6) is 0.0391. The second-order valence-corrected chi connectivity index (χ2v) is 4.66. The first-order chi connectivity index (χ1) is 6.93. The Morgan fingerprint density at radius 3 is 2.73 bits per heavy atom. The number of likely N-dealkylation sites (N-methyl/N-ethyl adjacent to an activating group) is 1. The van der Waals surface area contributed by atoms with Crippen molar-refractivity contribution in [3.8, 4) is 0 Å². The summed E-state index contributed by atoms with van der Waals surface area (Å²) in [4.78, 5) is 13.6. The summed E-state index contributed by atoms with van der Waals surface area (Å²) in [6, 6.07) is 5.53. The molecule has 1 aromatic carbocycles. The molecule has 1 N–H and O–H groups in total. The normalized spacial score (nSPS) is 18.4. The van der Waals surface area contributed by atoms with E-state index in [1.54, 1.807) is 11.9 Å². The van der Waals surface area contributed by atoms with Crippen molar-refractivity contribution in [1.29, 1.82) is 0 Å². The number of amides is 1. The molecule has 0 unspecified atom stereocenters. The van der Waals surface area contributed by atoms with Crippen LogP contribution in [0, 0.1) is 0 Å². The summed E-state index contributed by atoms with van der Waals surface area (Å²) in [5.41, 5.74) is 1.05. The first kappa shape index (κ1) is 10.3. The van der Waals surface area contributed by atoms with E-state index in [-0.39, 0.29) is 5.91 Å². The largest absolute Gasteiger partial charge is 0.369 e. The number of nitrogens with zero attached hydrogens (tertiary/aromatic N) is 1. The highest BCUT2D eigenvalue weighted by Crippen LogP contribution is 2.38. The Labute approximate surface area is 94.0 Å². The molecule has 0 aliphatic carbocycles. The highest BCUT2D eigenvalue weighted by molar-refractivity contribution is 6.34. The van der Waals surface area contributed by atoms with Gasteiger partial charge in [0, 0.05) is 7.05 Å². The molecule has 0 atom stereocenters. The molecule has 0 radical (unpaired) electrons. The topological polar surface area (TPSA) is 32.3 Å². The van der Waals surface area contributed by atoms with E-state index in [0.29, 0.717) is 5.02 Å². The van der Waals surface area contributed by atoms with Gasteiger partial charge in [0.05, 0.1) is 16.4 Å². The maximum absolute atomic E-state index is 11.9. The maximum atomic E-state index is 11.9. The molecular formula is C11H13ClN2O. The molecular weight excluding hydrogens is 212 g/mol. The maximum Gasteiger partial charge on any atom is 0.251 e. The lowest BCUT2D eigenvalue weighted by Crippen LogP contribution is -2.52. The average molecular weight is 225 g/mol. The summed E-state index contributed by atoms with van der Waals surface area (Å²) < 4.78 is 0. The molecule has 1 aromatic rings. The van der Waals surface area contributed by atoms with Crippen LogP contribution in [0.4, 0.5) is 11.4 Å². The van der Waals surface area contributed by atoms with E-state index in [1.807, 2.05) is 32.0 Å². The monoisotopic (exact) mass is 224 g/mol. The van der Waals surface area contributed by atoms with E-state index in [2.05, 4.69) is 5.32 Å².